The Morgan fingerprint density at radius 3 is 2.88 bits per heavy atom. The topological polar surface area (TPSA) is 76.0 Å². The molecule has 0 spiro atoms. The van der Waals surface area contributed by atoms with Crippen LogP contribution in [-0.4, -0.2) is 34.2 Å². The third-order valence-electron chi connectivity index (χ3n) is 4.22. The standard InChI is InChI=1S/C18H22N4O2/c23-17-5-2-1-4-16(21-17)18(24)19-12-10-14-6-8-15(9-7-14)22-13-3-11-20-22/h3,6-9,11,13,16H,1-2,4-5,10,12H2,(H,19,24)(H,21,23)/t16-/m1/s1. The zero-order chi connectivity index (χ0) is 16.8. The number of nitrogens with one attached hydrogen (secondary N) is 2. The van der Waals surface area contributed by atoms with Gasteiger partial charge in [-0.15, -0.1) is 0 Å². The van der Waals surface area contributed by atoms with E-state index >= 15 is 0 Å². The molecule has 0 saturated carbocycles. The molecular weight excluding hydrogens is 304 g/mol. The van der Waals surface area contributed by atoms with Gasteiger partial charge in [0.25, 0.3) is 0 Å². The van der Waals surface area contributed by atoms with Gasteiger partial charge in [-0.05, 0) is 43.0 Å². The fourth-order valence-corrected chi connectivity index (χ4v) is 2.86. The summed E-state index contributed by atoms with van der Waals surface area (Å²) < 4.78 is 1.81. The summed E-state index contributed by atoms with van der Waals surface area (Å²) in [6, 6.07) is 9.59. The Morgan fingerprint density at radius 2 is 2.12 bits per heavy atom. The lowest BCUT2D eigenvalue weighted by atomic mass is 10.1. The fraction of sp³-hybridized carbons (Fsp3) is 0.389. The Bertz CT molecular complexity index is 680. The molecule has 6 nitrogen and oxygen atoms in total. The fourth-order valence-electron chi connectivity index (χ4n) is 2.86. The van der Waals surface area contributed by atoms with Crippen LogP contribution >= 0.6 is 0 Å². The molecule has 24 heavy (non-hydrogen) atoms. The molecule has 1 aliphatic rings. The molecule has 2 amide bonds. The van der Waals surface area contributed by atoms with E-state index in [9.17, 15) is 9.59 Å². The number of amides is 2. The summed E-state index contributed by atoms with van der Waals surface area (Å²) in [7, 11) is 0. The van der Waals surface area contributed by atoms with Crippen molar-refractivity contribution in [1.82, 2.24) is 20.4 Å². The monoisotopic (exact) mass is 326 g/mol. The number of aromatic nitrogens is 2. The van der Waals surface area contributed by atoms with Crippen molar-refractivity contribution in [2.75, 3.05) is 6.54 Å². The molecule has 1 aromatic carbocycles. The van der Waals surface area contributed by atoms with Crippen LogP contribution in [0.4, 0.5) is 0 Å². The van der Waals surface area contributed by atoms with Crippen LogP contribution in [0, 0.1) is 0 Å². The molecule has 0 aliphatic carbocycles. The predicted molar refractivity (Wildman–Crippen MR) is 90.7 cm³/mol. The van der Waals surface area contributed by atoms with Crippen molar-refractivity contribution < 1.29 is 9.59 Å². The van der Waals surface area contributed by atoms with E-state index in [0.29, 0.717) is 13.0 Å². The molecule has 6 heteroatoms. The van der Waals surface area contributed by atoms with Gasteiger partial charge >= 0.3 is 0 Å². The lowest BCUT2D eigenvalue weighted by molar-refractivity contribution is -0.128. The van der Waals surface area contributed by atoms with Crippen molar-refractivity contribution in [1.29, 1.82) is 0 Å². The van der Waals surface area contributed by atoms with E-state index in [-0.39, 0.29) is 17.9 Å². The second kappa shape index (κ2) is 7.77. The maximum Gasteiger partial charge on any atom is 0.242 e. The predicted octanol–water partition coefficient (Wildman–Crippen LogP) is 1.59. The maximum atomic E-state index is 12.2. The maximum absolute atomic E-state index is 12.2. The van der Waals surface area contributed by atoms with Gasteiger partial charge in [0, 0.05) is 25.4 Å². The SMILES string of the molecule is O=C1CCCC[C@H](C(=O)NCCc2ccc(-n3cccn3)cc2)N1. The van der Waals surface area contributed by atoms with Gasteiger partial charge in [0.05, 0.1) is 5.69 Å². The van der Waals surface area contributed by atoms with Gasteiger partial charge < -0.3 is 10.6 Å². The number of carbonyl (C=O) groups excluding carboxylic acids is 2. The van der Waals surface area contributed by atoms with Crippen LogP contribution in [-0.2, 0) is 16.0 Å². The zero-order valence-corrected chi connectivity index (χ0v) is 13.6. The van der Waals surface area contributed by atoms with Crippen molar-refractivity contribution in [2.45, 2.75) is 38.1 Å². The van der Waals surface area contributed by atoms with Crippen molar-refractivity contribution >= 4 is 11.8 Å². The lowest BCUT2D eigenvalue weighted by Gasteiger charge is -2.15. The van der Waals surface area contributed by atoms with Crippen LogP contribution in [0.1, 0.15) is 31.2 Å². The molecular formula is C18H22N4O2. The highest BCUT2D eigenvalue weighted by Gasteiger charge is 2.22. The van der Waals surface area contributed by atoms with Crippen molar-refractivity contribution in [3.8, 4) is 5.69 Å². The van der Waals surface area contributed by atoms with Crippen LogP contribution in [0.3, 0.4) is 0 Å². The number of hydrogen-bond acceptors (Lipinski definition) is 3. The average Bonchev–Trinajstić information content (AvgIpc) is 3.04. The number of rotatable bonds is 5. The van der Waals surface area contributed by atoms with Gasteiger partial charge in [-0.25, -0.2) is 4.68 Å². The summed E-state index contributed by atoms with van der Waals surface area (Å²) in [5.74, 6) is -0.111. The highest BCUT2D eigenvalue weighted by Crippen LogP contribution is 2.10. The molecule has 0 radical (unpaired) electrons. The second-order valence-electron chi connectivity index (χ2n) is 6.02. The molecule has 1 aromatic heterocycles. The van der Waals surface area contributed by atoms with Gasteiger partial charge in [-0.1, -0.05) is 18.6 Å². The second-order valence-corrected chi connectivity index (χ2v) is 6.02. The number of carbonyl (C=O) groups is 2. The van der Waals surface area contributed by atoms with Crippen LogP contribution in [0.15, 0.2) is 42.7 Å². The van der Waals surface area contributed by atoms with Crippen molar-refractivity contribution in [2.24, 2.45) is 0 Å². The van der Waals surface area contributed by atoms with E-state index in [2.05, 4.69) is 15.7 Å². The first kappa shape index (κ1) is 16.2. The number of nitrogens with zero attached hydrogens (tertiary/aromatic N) is 2. The third-order valence-corrected chi connectivity index (χ3v) is 4.22. The Morgan fingerprint density at radius 1 is 1.29 bits per heavy atom. The van der Waals surface area contributed by atoms with Gasteiger partial charge in [0.15, 0.2) is 0 Å². The molecule has 2 N–H and O–H groups in total. The summed E-state index contributed by atoms with van der Waals surface area (Å²) in [5, 5.41) is 9.90. The quantitative estimate of drug-likeness (QED) is 0.876. The molecule has 1 aliphatic heterocycles. The van der Waals surface area contributed by atoms with E-state index in [1.54, 1.807) is 10.9 Å². The Labute approximate surface area is 141 Å². The minimum Gasteiger partial charge on any atom is -0.354 e. The largest absolute Gasteiger partial charge is 0.354 e. The molecule has 2 heterocycles. The molecule has 0 bridgehead atoms. The summed E-state index contributed by atoms with van der Waals surface area (Å²) in [6.07, 6.45) is 7.41. The van der Waals surface area contributed by atoms with Crippen molar-refractivity contribution in [3.63, 3.8) is 0 Å². The van der Waals surface area contributed by atoms with Gasteiger partial charge in [0.1, 0.15) is 6.04 Å². The average molecular weight is 326 g/mol. The highest BCUT2D eigenvalue weighted by atomic mass is 16.2. The van der Waals surface area contributed by atoms with Crippen LogP contribution in [0.5, 0.6) is 0 Å². The number of benzene rings is 1. The minimum absolute atomic E-state index is 0.0261. The Balaban J connectivity index is 1.47. The summed E-state index contributed by atoms with van der Waals surface area (Å²) in [5.41, 5.74) is 2.16. The summed E-state index contributed by atoms with van der Waals surface area (Å²) in [4.78, 5) is 23.7. The van der Waals surface area contributed by atoms with E-state index in [4.69, 9.17) is 0 Å². The van der Waals surface area contributed by atoms with Gasteiger partial charge in [0.2, 0.25) is 11.8 Å². The van der Waals surface area contributed by atoms with Gasteiger partial charge in [-0.3, -0.25) is 9.59 Å². The Hall–Kier alpha value is -2.63. The normalized spacial score (nSPS) is 17.8. The third kappa shape index (κ3) is 4.22. The smallest absolute Gasteiger partial charge is 0.242 e. The van der Waals surface area contributed by atoms with E-state index in [0.717, 1.165) is 36.9 Å². The summed E-state index contributed by atoms with van der Waals surface area (Å²) in [6.45, 7) is 0.562. The highest BCUT2D eigenvalue weighted by molar-refractivity contribution is 5.87. The molecule has 0 unspecified atom stereocenters. The molecule has 126 valence electrons. The van der Waals surface area contributed by atoms with Crippen LogP contribution in [0.25, 0.3) is 5.69 Å². The first-order valence-electron chi connectivity index (χ1n) is 8.38. The van der Waals surface area contributed by atoms with Crippen molar-refractivity contribution in [3.05, 3.63) is 48.3 Å². The van der Waals surface area contributed by atoms with E-state index in [1.165, 1.54) is 0 Å². The van der Waals surface area contributed by atoms with Gasteiger partial charge in [-0.2, -0.15) is 5.10 Å². The summed E-state index contributed by atoms with van der Waals surface area (Å²) >= 11 is 0. The Kier molecular flexibility index (Phi) is 5.25. The van der Waals surface area contributed by atoms with Crippen LogP contribution in [0.2, 0.25) is 0 Å². The molecule has 2 aromatic rings. The van der Waals surface area contributed by atoms with Crippen LogP contribution < -0.4 is 10.6 Å². The first-order valence-corrected chi connectivity index (χ1v) is 8.38. The lowest BCUT2D eigenvalue weighted by Crippen LogP contribution is -2.46. The molecule has 3 rings (SSSR count). The minimum atomic E-state index is -0.387. The van der Waals surface area contributed by atoms with E-state index < -0.39 is 0 Å². The number of hydrogen-bond donors (Lipinski definition) is 2. The zero-order valence-electron chi connectivity index (χ0n) is 13.6. The van der Waals surface area contributed by atoms with E-state index in [1.807, 2.05) is 36.5 Å². The molecule has 1 saturated heterocycles. The first-order chi connectivity index (χ1) is 11.7. The molecule has 1 fully saturated rings. The molecule has 1 atom stereocenters.